The Morgan fingerprint density at radius 3 is 1.83 bits per heavy atom. The summed E-state index contributed by atoms with van der Waals surface area (Å²) in [6.45, 7) is 0. The molecule has 4 aromatic rings. The Morgan fingerprint density at radius 1 is 0.583 bits per heavy atom. The number of fused-ring (bicyclic) bond motifs is 4. The third-order valence-corrected chi connectivity index (χ3v) is 4.34. The second-order valence-electron chi connectivity index (χ2n) is 5.68. The molecular weight excluding hydrogens is 304 g/mol. The topological polar surface area (TPSA) is 74.6 Å². The molecule has 0 aliphatic rings. The molecule has 0 fully saturated rings. The summed E-state index contributed by atoms with van der Waals surface area (Å²) in [5.74, 6) is -2.14. The van der Waals surface area contributed by atoms with E-state index in [0.29, 0.717) is 10.8 Å². The molecular formula is C20H12O4. The van der Waals surface area contributed by atoms with Gasteiger partial charge < -0.3 is 10.2 Å². The van der Waals surface area contributed by atoms with Gasteiger partial charge in [-0.15, -0.1) is 0 Å². The van der Waals surface area contributed by atoms with Crippen molar-refractivity contribution in [3.8, 4) is 0 Å². The number of carboxylic acids is 2. The van der Waals surface area contributed by atoms with Crippen LogP contribution in [0, 0.1) is 0 Å². The highest BCUT2D eigenvalue weighted by atomic mass is 16.4. The first-order valence-corrected chi connectivity index (χ1v) is 7.41. The maximum Gasteiger partial charge on any atom is 0.336 e. The highest BCUT2D eigenvalue weighted by molar-refractivity contribution is 6.18. The van der Waals surface area contributed by atoms with Gasteiger partial charge in [0, 0.05) is 0 Å². The minimum atomic E-state index is -1.07. The van der Waals surface area contributed by atoms with E-state index >= 15 is 0 Å². The highest BCUT2D eigenvalue weighted by Crippen LogP contribution is 2.32. The Balaban J connectivity index is 2.24. The molecule has 0 aliphatic heterocycles. The molecule has 0 amide bonds. The summed E-state index contributed by atoms with van der Waals surface area (Å²) in [5.41, 5.74) is 0.204. The quantitative estimate of drug-likeness (QED) is 0.420. The summed E-state index contributed by atoms with van der Waals surface area (Å²) in [6, 6.07) is 18.0. The summed E-state index contributed by atoms with van der Waals surface area (Å²) in [6.07, 6.45) is 0. The molecule has 24 heavy (non-hydrogen) atoms. The third kappa shape index (κ3) is 2.01. The predicted molar refractivity (Wildman–Crippen MR) is 92.9 cm³/mol. The van der Waals surface area contributed by atoms with Crippen LogP contribution in [-0.4, -0.2) is 22.2 Å². The zero-order valence-electron chi connectivity index (χ0n) is 12.5. The molecule has 0 spiro atoms. The van der Waals surface area contributed by atoms with Gasteiger partial charge in [0.1, 0.15) is 0 Å². The zero-order chi connectivity index (χ0) is 16.8. The first-order chi connectivity index (χ1) is 11.6. The fourth-order valence-corrected chi connectivity index (χ4v) is 3.22. The van der Waals surface area contributed by atoms with E-state index in [1.807, 2.05) is 36.4 Å². The van der Waals surface area contributed by atoms with E-state index in [0.717, 1.165) is 21.5 Å². The smallest absolute Gasteiger partial charge is 0.336 e. The molecule has 0 saturated heterocycles. The Bertz CT molecular complexity index is 1160. The van der Waals surface area contributed by atoms with Gasteiger partial charge in [-0.25, -0.2) is 9.59 Å². The third-order valence-electron chi connectivity index (χ3n) is 4.34. The van der Waals surface area contributed by atoms with E-state index in [1.165, 1.54) is 12.1 Å². The van der Waals surface area contributed by atoms with E-state index in [-0.39, 0.29) is 11.1 Å². The lowest BCUT2D eigenvalue weighted by molar-refractivity contribution is 0.0684. The van der Waals surface area contributed by atoms with Crippen LogP contribution in [0.15, 0.2) is 60.7 Å². The SMILES string of the molecule is O=C(O)c1ccc(C(=O)O)c2cc3c(ccc4ccccc43)cc12. The molecule has 0 aromatic heterocycles. The van der Waals surface area contributed by atoms with Crippen molar-refractivity contribution in [1.82, 2.24) is 0 Å². The number of aromatic carboxylic acids is 2. The standard InChI is InChI=1S/C20H12O4/c21-19(22)14-7-8-15(20(23)24)18-10-16-12(9-17(14)18)6-5-11-3-1-2-4-13(11)16/h1-10H,(H,21,22)(H,23,24). The van der Waals surface area contributed by atoms with Crippen LogP contribution < -0.4 is 0 Å². The maximum atomic E-state index is 11.5. The number of carboxylic acid groups (broad SMARTS) is 2. The average molecular weight is 316 g/mol. The minimum absolute atomic E-state index is 0.102. The fraction of sp³-hybridized carbons (Fsp3) is 0. The molecule has 2 N–H and O–H groups in total. The van der Waals surface area contributed by atoms with Gasteiger partial charge in [0.25, 0.3) is 0 Å². The molecule has 0 atom stereocenters. The molecule has 4 rings (SSSR count). The average Bonchev–Trinajstić information content (AvgIpc) is 2.58. The van der Waals surface area contributed by atoms with E-state index in [4.69, 9.17) is 0 Å². The van der Waals surface area contributed by atoms with E-state index in [1.54, 1.807) is 12.1 Å². The molecule has 4 nitrogen and oxygen atoms in total. The Hall–Kier alpha value is -3.40. The monoisotopic (exact) mass is 316 g/mol. The van der Waals surface area contributed by atoms with Crippen molar-refractivity contribution in [1.29, 1.82) is 0 Å². The van der Waals surface area contributed by atoms with E-state index in [2.05, 4.69) is 0 Å². The van der Waals surface area contributed by atoms with Crippen molar-refractivity contribution < 1.29 is 19.8 Å². The molecule has 116 valence electrons. The lowest BCUT2D eigenvalue weighted by atomic mass is 9.93. The first kappa shape index (κ1) is 14.2. The zero-order valence-corrected chi connectivity index (χ0v) is 12.5. The van der Waals surface area contributed by atoms with Gasteiger partial charge in [0.15, 0.2) is 0 Å². The van der Waals surface area contributed by atoms with Crippen molar-refractivity contribution in [3.05, 3.63) is 71.8 Å². The Kier molecular flexibility index (Phi) is 3.00. The molecule has 4 aromatic carbocycles. The van der Waals surface area contributed by atoms with E-state index in [9.17, 15) is 19.8 Å². The van der Waals surface area contributed by atoms with Crippen LogP contribution in [0.5, 0.6) is 0 Å². The largest absolute Gasteiger partial charge is 0.478 e. The van der Waals surface area contributed by atoms with Gasteiger partial charge >= 0.3 is 11.9 Å². The van der Waals surface area contributed by atoms with Crippen LogP contribution >= 0.6 is 0 Å². The fourth-order valence-electron chi connectivity index (χ4n) is 3.22. The normalized spacial score (nSPS) is 11.2. The summed E-state index contributed by atoms with van der Waals surface area (Å²) in [4.78, 5) is 23.0. The molecule has 0 bridgehead atoms. The second kappa shape index (κ2) is 5.06. The van der Waals surface area contributed by atoms with Gasteiger partial charge in [0.05, 0.1) is 11.1 Å². The van der Waals surface area contributed by atoms with Crippen molar-refractivity contribution >= 4 is 44.3 Å². The predicted octanol–water partition coefficient (Wildman–Crippen LogP) is 4.54. The van der Waals surface area contributed by atoms with Crippen LogP contribution in [0.3, 0.4) is 0 Å². The number of carbonyl (C=O) groups is 2. The lowest BCUT2D eigenvalue weighted by Crippen LogP contribution is -2.03. The number of rotatable bonds is 2. The summed E-state index contributed by atoms with van der Waals surface area (Å²) < 4.78 is 0. The lowest BCUT2D eigenvalue weighted by Gasteiger charge is -2.10. The molecule has 0 saturated carbocycles. The first-order valence-electron chi connectivity index (χ1n) is 7.41. The van der Waals surface area contributed by atoms with Crippen molar-refractivity contribution in [2.45, 2.75) is 0 Å². The van der Waals surface area contributed by atoms with Crippen molar-refractivity contribution in [2.24, 2.45) is 0 Å². The molecule has 4 heteroatoms. The van der Waals surface area contributed by atoms with Gasteiger partial charge in [-0.05, 0) is 56.6 Å². The van der Waals surface area contributed by atoms with Crippen LogP contribution in [0.4, 0.5) is 0 Å². The van der Waals surface area contributed by atoms with Crippen LogP contribution in [0.25, 0.3) is 32.3 Å². The summed E-state index contributed by atoms with van der Waals surface area (Å²) in [5, 5.41) is 23.6. The maximum absolute atomic E-state index is 11.5. The summed E-state index contributed by atoms with van der Waals surface area (Å²) >= 11 is 0. The van der Waals surface area contributed by atoms with Crippen molar-refractivity contribution in [3.63, 3.8) is 0 Å². The highest BCUT2D eigenvalue weighted by Gasteiger charge is 2.16. The van der Waals surface area contributed by atoms with Gasteiger partial charge in [-0.3, -0.25) is 0 Å². The Morgan fingerprint density at radius 2 is 1.17 bits per heavy atom. The molecule has 0 aliphatic carbocycles. The van der Waals surface area contributed by atoms with Gasteiger partial charge in [-0.1, -0.05) is 36.4 Å². The molecule has 0 unspecified atom stereocenters. The minimum Gasteiger partial charge on any atom is -0.478 e. The number of hydrogen-bond acceptors (Lipinski definition) is 2. The number of benzene rings is 4. The van der Waals surface area contributed by atoms with E-state index < -0.39 is 11.9 Å². The van der Waals surface area contributed by atoms with Gasteiger partial charge in [0.2, 0.25) is 0 Å². The molecule has 0 radical (unpaired) electrons. The van der Waals surface area contributed by atoms with Crippen molar-refractivity contribution in [2.75, 3.05) is 0 Å². The molecule has 0 heterocycles. The van der Waals surface area contributed by atoms with Crippen LogP contribution in [0.2, 0.25) is 0 Å². The number of hydrogen-bond donors (Lipinski definition) is 2. The van der Waals surface area contributed by atoms with Gasteiger partial charge in [-0.2, -0.15) is 0 Å². The second-order valence-corrected chi connectivity index (χ2v) is 5.68. The van der Waals surface area contributed by atoms with Crippen LogP contribution in [0.1, 0.15) is 20.7 Å². The Labute approximate surface area is 136 Å². The summed E-state index contributed by atoms with van der Waals surface area (Å²) in [7, 11) is 0. The van der Waals surface area contributed by atoms with Crippen LogP contribution in [-0.2, 0) is 0 Å².